The van der Waals surface area contributed by atoms with Crippen LogP contribution in [0.25, 0.3) is 139 Å². The standard InChI is InChI=1S/C63H38N4O2/c1-4-15-39(16-5-1)41-27-29-43(30-28-41)62-64-61(42-19-8-3-9-20-42)65-63(66-62)45-36-51(60-49-22-11-13-25-55(49)69-58(60)37-45)48-23-14-26-57-59(48)52-38-46(32-34-56(52)68-57)67-53-24-12-10-21-47(53)50-35-44(31-33-54(50)67)40-17-6-2-7-18-40/h1-38H. The lowest BCUT2D eigenvalue weighted by atomic mass is 9.93. The number of nitrogens with zero attached hydrogens (tertiary/aromatic N) is 4. The van der Waals surface area contributed by atoms with Crippen LogP contribution in [-0.2, 0) is 0 Å². The van der Waals surface area contributed by atoms with Gasteiger partial charge in [-0.15, -0.1) is 0 Å². The van der Waals surface area contributed by atoms with Crippen LogP contribution in [0.4, 0.5) is 0 Å². The molecular formula is C63H38N4O2. The van der Waals surface area contributed by atoms with Crippen molar-refractivity contribution in [3.05, 3.63) is 231 Å². The summed E-state index contributed by atoms with van der Waals surface area (Å²) in [4.78, 5) is 15.5. The van der Waals surface area contributed by atoms with Crippen molar-refractivity contribution in [2.75, 3.05) is 0 Å². The maximum absolute atomic E-state index is 6.73. The molecule has 0 aliphatic rings. The molecule has 0 saturated carbocycles. The third-order valence-electron chi connectivity index (χ3n) is 13.5. The summed E-state index contributed by atoms with van der Waals surface area (Å²) in [6.07, 6.45) is 0. The molecule has 14 aromatic rings. The summed E-state index contributed by atoms with van der Waals surface area (Å²) in [6.45, 7) is 0. The Morgan fingerprint density at radius 3 is 1.55 bits per heavy atom. The smallest absolute Gasteiger partial charge is 0.164 e. The Balaban J connectivity index is 0.976. The average molecular weight is 883 g/mol. The van der Waals surface area contributed by atoms with E-state index in [2.05, 4.69) is 187 Å². The van der Waals surface area contributed by atoms with Gasteiger partial charge in [0.25, 0.3) is 0 Å². The molecule has 0 atom stereocenters. The number of hydrogen-bond donors (Lipinski definition) is 0. The first-order valence-electron chi connectivity index (χ1n) is 23.2. The second kappa shape index (κ2) is 15.6. The minimum absolute atomic E-state index is 0.544. The van der Waals surface area contributed by atoms with E-state index in [0.29, 0.717) is 17.5 Å². The zero-order valence-electron chi connectivity index (χ0n) is 37.0. The van der Waals surface area contributed by atoms with Crippen LogP contribution < -0.4 is 0 Å². The summed E-state index contributed by atoms with van der Waals surface area (Å²) in [5.41, 5.74) is 15.8. The first-order valence-corrected chi connectivity index (χ1v) is 23.2. The van der Waals surface area contributed by atoms with Crippen molar-refractivity contribution in [3.63, 3.8) is 0 Å². The van der Waals surface area contributed by atoms with E-state index >= 15 is 0 Å². The van der Waals surface area contributed by atoms with Gasteiger partial charge in [0.2, 0.25) is 0 Å². The quantitative estimate of drug-likeness (QED) is 0.159. The Bertz CT molecular complexity index is 4290. The van der Waals surface area contributed by atoms with E-state index in [9.17, 15) is 0 Å². The topological polar surface area (TPSA) is 69.9 Å². The summed E-state index contributed by atoms with van der Waals surface area (Å²) in [5, 5.41) is 6.49. The lowest BCUT2D eigenvalue weighted by molar-refractivity contribution is 0.668. The van der Waals surface area contributed by atoms with Gasteiger partial charge in [-0.2, -0.15) is 0 Å². The predicted molar refractivity (Wildman–Crippen MR) is 281 cm³/mol. The van der Waals surface area contributed by atoms with Crippen molar-refractivity contribution in [3.8, 4) is 73.2 Å². The number of hydrogen-bond acceptors (Lipinski definition) is 5. The fourth-order valence-electron chi connectivity index (χ4n) is 10.2. The molecule has 0 unspecified atom stereocenters. The zero-order chi connectivity index (χ0) is 45.4. The average Bonchev–Trinajstić information content (AvgIpc) is 4.10. The Kier molecular flexibility index (Phi) is 8.79. The molecule has 10 aromatic carbocycles. The number of para-hydroxylation sites is 2. The van der Waals surface area contributed by atoms with E-state index in [-0.39, 0.29) is 0 Å². The number of aromatic nitrogens is 4. The molecule has 6 heteroatoms. The minimum Gasteiger partial charge on any atom is -0.456 e. The lowest BCUT2D eigenvalue weighted by Gasteiger charge is -2.12. The van der Waals surface area contributed by atoms with Gasteiger partial charge in [0.1, 0.15) is 22.3 Å². The normalized spacial score (nSPS) is 11.8. The highest BCUT2D eigenvalue weighted by molar-refractivity contribution is 6.20. The molecule has 0 spiro atoms. The molecule has 0 radical (unpaired) electrons. The van der Waals surface area contributed by atoms with E-state index < -0.39 is 0 Å². The first kappa shape index (κ1) is 38.8. The van der Waals surface area contributed by atoms with Gasteiger partial charge in [0.15, 0.2) is 17.5 Å². The summed E-state index contributed by atoms with van der Waals surface area (Å²) in [5.74, 6) is 1.72. The largest absolute Gasteiger partial charge is 0.456 e. The second-order valence-electron chi connectivity index (χ2n) is 17.5. The van der Waals surface area contributed by atoms with E-state index in [1.54, 1.807) is 0 Å². The van der Waals surface area contributed by atoms with Crippen LogP contribution in [0.1, 0.15) is 0 Å². The van der Waals surface area contributed by atoms with Crippen molar-refractivity contribution >= 4 is 65.7 Å². The highest BCUT2D eigenvalue weighted by Crippen LogP contribution is 2.45. The molecular weight excluding hydrogens is 845 g/mol. The molecule has 0 saturated heterocycles. The van der Waals surface area contributed by atoms with Crippen molar-refractivity contribution in [1.82, 2.24) is 19.5 Å². The van der Waals surface area contributed by atoms with Crippen LogP contribution in [-0.4, -0.2) is 19.5 Å². The summed E-state index contributed by atoms with van der Waals surface area (Å²) >= 11 is 0. The van der Waals surface area contributed by atoms with Gasteiger partial charge < -0.3 is 13.4 Å². The molecule has 4 heterocycles. The third-order valence-corrected chi connectivity index (χ3v) is 13.5. The van der Waals surface area contributed by atoms with Gasteiger partial charge in [-0.3, -0.25) is 0 Å². The molecule has 0 aliphatic heterocycles. The van der Waals surface area contributed by atoms with Crippen LogP contribution >= 0.6 is 0 Å². The van der Waals surface area contributed by atoms with Crippen molar-refractivity contribution in [2.24, 2.45) is 0 Å². The molecule has 6 nitrogen and oxygen atoms in total. The molecule has 0 amide bonds. The number of rotatable bonds is 7. The van der Waals surface area contributed by atoms with Crippen LogP contribution in [0.2, 0.25) is 0 Å². The minimum atomic E-state index is 0.544. The third kappa shape index (κ3) is 6.45. The van der Waals surface area contributed by atoms with Gasteiger partial charge in [-0.25, -0.2) is 15.0 Å². The molecule has 0 fully saturated rings. The van der Waals surface area contributed by atoms with Gasteiger partial charge in [0.05, 0.1) is 11.0 Å². The first-order chi connectivity index (χ1) is 34.2. The van der Waals surface area contributed by atoms with E-state index in [1.807, 2.05) is 48.5 Å². The lowest BCUT2D eigenvalue weighted by Crippen LogP contribution is -2.00. The van der Waals surface area contributed by atoms with Crippen molar-refractivity contribution < 1.29 is 8.83 Å². The number of furan rings is 2. The van der Waals surface area contributed by atoms with Crippen LogP contribution in [0.5, 0.6) is 0 Å². The fourth-order valence-corrected chi connectivity index (χ4v) is 10.2. The van der Waals surface area contributed by atoms with Crippen LogP contribution in [0.15, 0.2) is 239 Å². The summed E-state index contributed by atoms with van der Waals surface area (Å²) in [7, 11) is 0. The summed E-state index contributed by atoms with van der Waals surface area (Å²) in [6, 6.07) is 80.4. The van der Waals surface area contributed by atoms with Crippen LogP contribution in [0, 0.1) is 0 Å². The van der Waals surface area contributed by atoms with Gasteiger partial charge >= 0.3 is 0 Å². The molecule has 4 aromatic heterocycles. The molecule has 322 valence electrons. The Labute approximate surface area is 396 Å². The van der Waals surface area contributed by atoms with Gasteiger partial charge in [-0.1, -0.05) is 170 Å². The van der Waals surface area contributed by atoms with E-state index in [0.717, 1.165) is 99.5 Å². The zero-order valence-corrected chi connectivity index (χ0v) is 37.0. The SMILES string of the molecule is c1ccc(-c2ccc(-c3nc(-c4ccccc4)nc(-c4cc(-c5cccc6oc7ccc(-n8c9ccccc9c9cc(-c%10ccccc%10)ccc98)cc7c56)c5c(c4)oc4ccccc45)n3)cc2)cc1. The fraction of sp³-hybridized carbons (Fsp3) is 0. The maximum atomic E-state index is 6.73. The number of fused-ring (bicyclic) bond motifs is 9. The van der Waals surface area contributed by atoms with Crippen molar-refractivity contribution in [2.45, 2.75) is 0 Å². The Morgan fingerprint density at radius 1 is 0.275 bits per heavy atom. The molecule has 69 heavy (non-hydrogen) atoms. The van der Waals surface area contributed by atoms with Gasteiger partial charge in [-0.05, 0) is 94.0 Å². The Hall–Kier alpha value is -9.39. The van der Waals surface area contributed by atoms with Crippen molar-refractivity contribution in [1.29, 1.82) is 0 Å². The maximum Gasteiger partial charge on any atom is 0.164 e. The Morgan fingerprint density at radius 2 is 0.797 bits per heavy atom. The van der Waals surface area contributed by atoms with Gasteiger partial charge in [0, 0.05) is 54.7 Å². The van der Waals surface area contributed by atoms with E-state index in [1.165, 1.54) is 21.9 Å². The monoisotopic (exact) mass is 882 g/mol. The number of benzene rings is 10. The van der Waals surface area contributed by atoms with E-state index in [4.69, 9.17) is 23.8 Å². The molecule has 14 rings (SSSR count). The second-order valence-corrected chi connectivity index (χ2v) is 17.5. The molecule has 0 aliphatic carbocycles. The summed E-state index contributed by atoms with van der Waals surface area (Å²) < 4.78 is 15.8. The van der Waals surface area contributed by atoms with Crippen LogP contribution in [0.3, 0.4) is 0 Å². The molecule has 0 N–H and O–H groups in total. The highest BCUT2D eigenvalue weighted by atomic mass is 16.3. The predicted octanol–water partition coefficient (Wildman–Crippen LogP) is 16.8. The highest BCUT2D eigenvalue weighted by Gasteiger charge is 2.23. The molecule has 0 bridgehead atoms.